The molecule has 0 saturated carbocycles. The maximum atomic E-state index is 12.0. The highest BCUT2D eigenvalue weighted by Crippen LogP contribution is 2.14. The van der Waals surface area contributed by atoms with E-state index in [2.05, 4.69) is 0 Å². The van der Waals surface area contributed by atoms with Crippen molar-refractivity contribution < 1.29 is 14.3 Å². The van der Waals surface area contributed by atoms with Crippen molar-refractivity contribution in [2.75, 3.05) is 6.61 Å². The number of carbonyl (C=O) groups excluding carboxylic acids is 2. The maximum Gasteiger partial charge on any atom is 0.200 e. The van der Waals surface area contributed by atoms with E-state index in [1.54, 1.807) is 25.1 Å². The predicted molar refractivity (Wildman–Crippen MR) is 81.8 cm³/mol. The van der Waals surface area contributed by atoms with Crippen LogP contribution in [0, 0.1) is 6.92 Å². The summed E-state index contributed by atoms with van der Waals surface area (Å²) >= 11 is 0. The Morgan fingerprint density at radius 1 is 1.05 bits per heavy atom. The zero-order valence-corrected chi connectivity index (χ0v) is 12.3. The van der Waals surface area contributed by atoms with Crippen molar-refractivity contribution in [2.24, 2.45) is 0 Å². The number of rotatable bonds is 6. The molecule has 0 bridgehead atoms. The van der Waals surface area contributed by atoms with Crippen LogP contribution in [-0.2, 0) is 11.2 Å². The van der Waals surface area contributed by atoms with E-state index in [4.69, 9.17) is 4.74 Å². The summed E-state index contributed by atoms with van der Waals surface area (Å²) in [5, 5.41) is 0. The van der Waals surface area contributed by atoms with Crippen molar-refractivity contribution in [3.05, 3.63) is 65.2 Å². The van der Waals surface area contributed by atoms with Crippen LogP contribution in [0.4, 0.5) is 0 Å². The van der Waals surface area contributed by atoms with Crippen molar-refractivity contribution >= 4 is 11.6 Å². The molecule has 0 spiro atoms. The van der Waals surface area contributed by atoms with Crippen molar-refractivity contribution in [1.82, 2.24) is 0 Å². The molecule has 0 heterocycles. The van der Waals surface area contributed by atoms with Gasteiger partial charge in [-0.05, 0) is 37.6 Å². The molecule has 0 radical (unpaired) electrons. The minimum Gasteiger partial charge on any atom is -0.485 e. The molecule has 21 heavy (non-hydrogen) atoms. The average molecular weight is 282 g/mol. The van der Waals surface area contributed by atoms with E-state index in [9.17, 15) is 9.59 Å². The largest absolute Gasteiger partial charge is 0.485 e. The lowest BCUT2D eigenvalue weighted by Crippen LogP contribution is -2.11. The summed E-state index contributed by atoms with van der Waals surface area (Å²) in [6, 6.07) is 14.7. The van der Waals surface area contributed by atoms with E-state index >= 15 is 0 Å². The summed E-state index contributed by atoms with van der Waals surface area (Å²) in [5.74, 6) is 0.702. The molecule has 3 heteroatoms. The summed E-state index contributed by atoms with van der Waals surface area (Å²) in [6.07, 6.45) is 0.419. The topological polar surface area (TPSA) is 43.4 Å². The fourth-order valence-corrected chi connectivity index (χ4v) is 2.04. The van der Waals surface area contributed by atoms with Crippen LogP contribution in [0.2, 0.25) is 0 Å². The Labute approximate surface area is 124 Å². The Morgan fingerprint density at radius 3 is 2.38 bits per heavy atom. The average Bonchev–Trinajstić information content (AvgIpc) is 2.45. The summed E-state index contributed by atoms with van der Waals surface area (Å²) in [7, 11) is 0. The molecule has 0 N–H and O–H groups in total. The molecular weight excluding hydrogens is 264 g/mol. The van der Waals surface area contributed by atoms with Gasteiger partial charge in [0, 0.05) is 12.0 Å². The standard InChI is InChI=1S/C18H18O3/c1-13-4-3-5-16(10-13)18(20)12-21-17-8-6-15(7-9-17)11-14(2)19/h3-10H,11-12H2,1-2H3. The van der Waals surface area contributed by atoms with Gasteiger partial charge in [0.05, 0.1) is 0 Å². The molecule has 0 aliphatic heterocycles. The molecular formula is C18H18O3. The fraction of sp³-hybridized carbons (Fsp3) is 0.222. The maximum absolute atomic E-state index is 12.0. The molecule has 2 aromatic carbocycles. The van der Waals surface area contributed by atoms with Crippen LogP contribution in [0.15, 0.2) is 48.5 Å². The SMILES string of the molecule is CC(=O)Cc1ccc(OCC(=O)c2cccc(C)c2)cc1. The normalized spacial score (nSPS) is 10.2. The highest BCUT2D eigenvalue weighted by molar-refractivity contribution is 5.97. The first-order chi connectivity index (χ1) is 10.0. The van der Waals surface area contributed by atoms with Crippen LogP contribution < -0.4 is 4.74 Å². The van der Waals surface area contributed by atoms with Gasteiger partial charge < -0.3 is 4.74 Å². The van der Waals surface area contributed by atoms with Gasteiger partial charge in [0.25, 0.3) is 0 Å². The van der Waals surface area contributed by atoms with E-state index in [-0.39, 0.29) is 18.2 Å². The van der Waals surface area contributed by atoms with Crippen LogP contribution in [0.3, 0.4) is 0 Å². The Bertz CT molecular complexity index is 642. The molecule has 2 aromatic rings. The Morgan fingerprint density at radius 2 is 1.76 bits per heavy atom. The molecule has 0 amide bonds. The third-order valence-corrected chi connectivity index (χ3v) is 3.09. The van der Waals surface area contributed by atoms with Crippen molar-refractivity contribution in [3.63, 3.8) is 0 Å². The van der Waals surface area contributed by atoms with Crippen LogP contribution in [0.5, 0.6) is 5.75 Å². The van der Waals surface area contributed by atoms with Gasteiger partial charge in [0.15, 0.2) is 12.4 Å². The highest BCUT2D eigenvalue weighted by atomic mass is 16.5. The van der Waals surface area contributed by atoms with Gasteiger partial charge in [-0.3, -0.25) is 9.59 Å². The zero-order chi connectivity index (χ0) is 15.2. The number of hydrogen-bond acceptors (Lipinski definition) is 3. The first kappa shape index (κ1) is 15.0. The Balaban J connectivity index is 1.93. The third-order valence-electron chi connectivity index (χ3n) is 3.09. The van der Waals surface area contributed by atoms with Crippen molar-refractivity contribution in [3.8, 4) is 5.75 Å². The molecule has 0 saturated heterocycles. The molecule has 0 unspecified atom stereocenters. The van der Waals surface area contributed by atoms with Gasteiger partial charge in [-0.2, -0.15) is 0 Å². The van der Waals surface area contributed by atoms with Gasteiger partial charge in [0.2, 0.25) is 0 Å². The van der Waals surface area contributed by atoms with E-state index in [1.807, 2.05) is 37.3 Å². The monoisotopic (exact) mass is 282 g/mol. The molecule has 0 fully saturated rings. The molecule has 3 nitrogen and oxygen atoms in total. The zero-order valence-electron chi connectivity index (χ0n) is 12.3. The number of Topliss-reactive ketones (excluding diaryl/α,β-unsaturated/α-hetero) is 2. The lowest BCUT2D eigenvalue weighted by molar-refractivity contribution is -0.116. The second-order valence-corrected chi connectivity index (χ2v) is 5.10. The molecule has 0 aromatic heterocycles. The van der Waals surface area contributed by atoms with Crippen LogP contribution in [0.1, 0.15) is 28.4 Å². The molecule has 0 aliphatic rings. The molecule has 0 aliphatic carbocycles. The van der Waals surface area contributed by atoms with Gasteiger partial charge in [-0.1, -0.05) is 35.9 Å². The minimum absolute atomic E-state index is 0.00943. The second kappa shape index (κ2) is 6.84. The second-order valence-electron chi connectivity index (χ2n) is 5.10. The van der Waals surface area contributed by atoms with Crippen LogP contribution in [-0.4, -0.2) is 18.2 Å². The summed E-state index contributed by atoms with van der Waals surface area (Å²) < 4.78 is 5.49. The first-order valence-electron chi connectivity index (χ1n) is 6.85. The van der Waals surface area contributed by atoms with E-state index in [0.29, 0.717) is 17.7 Å². The number of benzene rings is 2. The first-order valence-corrected chi connectivity index (χ1v) is 6.85. The summed E-state index contributed by atoms with van der Waals surface area (Å²) in [4.78, 5) is 23.0. The molecule has 108 valence electrons. The number of carbonyl (C=O) groups is 2. The fourth-order valence-electron chi connectivity index (χ4n) is 2.04. The van der Waals surface area contributed by atoms with Gasteiger partial charge in [0.1, 0.15) is 11.5 Å². The van der Waals surface area contributed by atoms with Crippen LogP contribution in [0.25, 0.3) is 0 Å². The molecule has 0 atom stereocenters. The molecule has 2 rings (SSSR count). The summed E-state index contributed by atoms with van der Waals surface area (Å²) in [6.45, 7) is 3.52. The highest BCUT2D eigenvalue weighted by Gasteiger charge is 2.07. The number of hydrogen-bond donors (Lipinski definition) is 0. The Hall–Kier alpha value is -2.42. The van der Waals surface area contributed by atoms with Gasteiger partial charge in [-0.25, -0.2) is 0 Å². The lowest BCUT2D eigenvalue weighted by atomic mass is 10.1. The number of ether oxygens (including phenoxy) is 1. The third kappa shape index (κ3) is 4.56. The predicted octanol–water partition coefficient (Wildman–Crippen LogP) is 3.39. The Kier molecular flexibility index (Phi) is 4.88. The number of aryl methyl sites for hydroxylation is 1. The summed E-state index contributed by atoms with van der Waals surface area (Å²) in [5.41, 5.74) is 2.65. The minimum atomic E-state index is -0.0495. The van der Waals surface area contributed by atoms with E-state index in [1.165, 1.54) is 0 Å². The van der Waals surface area contributed by atoms with Gasteiger partial charge in [-0.15, -0.1) is 0 Å². The van der Waals surface area contributed by atoms with Crippen molar-refractivity contribution in [2.45, 2.75) is 20.3 Å². The van der Waals surface area contributed by atoms with Gasteiger partial charge >= 0.3 is 0 Å². The van der Waals surface area contributed by atoms with Crippen molar-refractivity contribution in [1.29, 1.82) is 0 Å². The van der Waals surface area contributed by atoms with E-state index < -0.39 is 0 Å². The smallest absolute Gasteiger partial charge is 0.200 e. The lowest BCUT2D eigenvalue weighted by Gasteiger charge is -2.07. The number of ketones is 2. The van der Waals surface area contributed by atoms with Crippen LogP contribution >= 0.6 is 0 Å². The quantitative estimate of drug-likeness (QED) is 0.763. The van der Waals surface area contributed by atoms with E-state index in [0.717, 1.165) is 11.1 Å².